The van der Waals surface area contributed by atoms with E-state index in [-0.39, 0.29) is 30.7 Å². The summed E-state index contributed by atoms with van der Waals surface area (Å²) in [6.07, 6.45) is 0.792. The van der Waals surface area contributed by atoms with E-state index in [9.17, 15) is 14.4 Å². The van der Waals surface area contributed by atoms with Crippen molar-refractivity contribution in [1.29, 1.82) is 0 Å². The molecule has 2 amide bonds. The van der Waals surface area contributed by atoms with Crippen molar-refractivity contribution in [2.24, 2.45) is 5.92 Å². The van der Waals surface area contributed by atoms with Crippen molar-refractivity contribution >= 4 is 29.1 Å². The molecule has 1 rings (SSSR count). The van der Waals surface area contributed by atoms with Gasteiger partial charge in [-0.25, -0.2) is 0 Å². The number of nitrogens with one attached hydrogen (secondary N) is 1. The van der Waals surface area contributed by atoms with Gasteiger partial charge in [0, 0.05) is 37.0 Å². The van der Waals surface area contributed by atoms with E-state index in [1.807, 2.05) is 19.2 Å². The lowest BCUT2D eigenvalue weighted by atomic mass is 10.1. The Morgan fingerprint density at radius 1 is 1.30 bits per heavy atom. The second-order valence-electron chi connectivity index (χ2n) is 5.75. The minimum absolute atomic E-state index is 0.0483. The lowest BCUT2D eigenvalue weighted by Crippen LogP contribution is -2.36. The summed E-state index contributed by atoms with van der Waals surface area (Å²) in [5.74, 6) is -0.825. The van der Waals surface area contributed by atoms with Gasteiger partial charge in [0.2, 0.25) is 5.91 Å². The van der Waals surface area contributed by atoms with Crippen LogP contribution in [0.25, 0.3) is 0 Å². The first-order valence-electron chi connectivity index (χ1n) is 7.70. The van der Waals surface area contributed by atoms with E-state index in [2.05, 4.69) is 5.32 Å². The third-order valence-electron chi connectivity index (χ3n) is 3.17. The SMILES string of the molecule is CC(C)CN(CCC(=O)O)C(=O)CCCNC(=O)c1ccsc1. The highest BCUT2D eigenvalue weighted by atomic mass is 32.1. The number of amides is 2. The quantitative estimate of drug-likeness (QED) is 0.639. The van der Waals surface area contributed by atoms with E-state index in [1.54, 1.807) is 16.3 Å². The zero-order valence-electron chi connectivity index (χ0n) is 13.6. The number of hydrogen-bond donors (Lipinski definition) is 2. The van der Waals surface area contributed by atoms with Gasteiger partial charge >= 0.3 is 5.97 Å². The zero-order valence-corrected chi connectivity index (χ0v) is 14.4. The fraction of sp³-hybridized carbons (Fsp3) is 0.562. The minimum Gasteiger partial charge on any atom is -0.481 e. The molecule has 0 unspecified atom stereocenters. The van der Waals surface area contributed by atoms with Crippen LogP contribution in [-0.4, -0.2) is 47.4 Å². The topological polar surface area (TPSA) is 86.7 Å². The molecule has 128 valence electrons. The predicted octanol–water partition coefficient (Wildman–Crippen LogP) is 2.22. The van der Waals surface area contributed by atoms with E-state index in [1.165, 1.54) is 11.3 Å². The lowest BCUT2D eigenvalue weighted by molar-refractivity contribution is -0.138. The number of aliphatic carboxylic acids is 1. The highest BCUT2D eigenvalue weighted by Crippen LogP contribution is 2.06. The number of carbonyl (C=O) groups excluding carboxylic acids is 2. The first kappa shape index (κ1) is 19.2. The normalized spacial score (nSPS) is 10.6. The Labute approximate surface area is 140 Å². The smallest absolute Gasteiger partial charge is 0.305 e. The molecule has 23 heavy (non-hydrogen) atoms. The molecule has 7 heteroatoms. The van der Waals surface area contributed by atoms with Gasteiger partial charge in [-0.2, -0.15) is 11.3 Å². The third kappa shape index (κ3) is 7.78. The van der Waals surface area contributed by atoms with Crippen LogP contribution in [0.2, 0.25) is 0 Å². The molecule has 1 heterocycles. The van der Waals surface area contributed by atoms with Crippen molar-refractivity contribution in [2.75, 3.05) is 19.6 Å². The number of carboxylic acids is 1. The number of nitrogens with zero attached hydrogens (tertiary/aromatic N) is 1. The van der Waals surface area contributed by atoms with Crippen molar-refractivity contribution in [2.45, 2.75) is 33.1 Å². The van der Waals surface area contributed by atoms with Crippen LogP contribution in [0.15, 0.2) is 16.8 Å². The number of carboxylic acid groups (broad SMARTS) is 1. The Kier molecular flexibility index (Phi) is 8.32. The summed E-state index contributed by atoms with van der Waals surface area (Å²) in [6, 6.07) is 1.75. The van der Waals surface area contributed by atoms with Crippen LogP contribution in [0.1, 0.15) is 43.5 Å². The van der Waals surface area contributed by atoms with Gasteiger partial charge in [-0.1, -0.05) is 13.8 Å². The number of hydrogen-bond acceptors (Lipinski definition) is 4. The monoisotopic (exact) mass is 340 g/mol. The van der Waals surface area contributed by atoms with E-state index in [0.717, 1.165) is 0 Å². The van der Waals surface area contributed by atoms with Gasteiger partial charge in [-0.15, -0.1) is 0 Å². The molecule has 2 N–H and O–H groups in total. The van der Waals surface area contributed by atoms with Crippen molar-refractivity contribution in [3.63, 3.8) is 0 Å². The first-order chi connectivity index (χ1) is 10.9. The first-order valence-corrected chi connectivity index (χ1v) is 8.64. The fourth-order valence-corrected chi connectivity index (χ4v) is 2.72. The minimum atomic E-state index is -0.908. The second-order valence-corrected chi connectivity index (χ2v) is 6.53. The largest absolute Gasteiger partial charge is 0.481 e. The molecule has 1 aromatic rings. The molecule has 0 atom stereocenters. The second kappa shape index (κ2) is 9.99. The summed E-state index contributed by atoms with van der Waals surface area (Å²) in [5.41, 5.74) is 0.629. The Hall–Kier alpha value is -1.89. The molecule has 6 nitrogen and oxygen atoms in total. The Morgan fingerprint density at radius 2 is 2.04 bits per heavy atom. The van der Waals surface area contributed by atoms with Crippen LogP contribution in [0.3, 0.4) is 0 Å². The summed E-state index contributed by atoms with van der Waals surface area (Å²) in [6.45, 7) is 5.18. The summed E-state index contributed by atoms with van der Waals surface area (Å²) >= 11 is 1.46. The fourth-order valence-electron chi connectivity index (χ4n) is 2.08. The summed E-state index contributed by atoms with van der Waals surface area (Å²) in [5, 5.41) is 15.1. The van der Waals surface area contributed by atoms with Gasteiger partial charge in [0.05, 0.1) is 6.42 Å². The third-order valence-corrected chi connectivity index (χ3v) is 3.85. The molecule has 0 aliphatic heterocycles. The summed E-state index contributed by atoms with van der Waals surface area (Å²) < 4.78 is 0. The predicted molar refractivity (Wildman–Crippen MR) is 89.6 cm³/mol. The van der Waals surface area contributed by atoms with Crippen LogP contribution in [-0.2, 0) is 9.59 Å². The molecule has 0 aromatic carbocycles. The molecule has 1 aromatic heterocycles. The van der Waals surface area contributed by atoms with Crippen LogP contribution in [0.5, 0.6) is 0 Å². The molecular formula is C16H24N2O4S. The van der Waals surface area contributed by atoms with Gasteiger partial charge in [-0.3, -0.25) is 14.4 Å². The zero-order chi connectivity index (χ0) is 17.2. The molecule has 0 bridgehead atoms. The standard InChI is InChI=1S/C16H24N2O4S/c1-12(2)10-18(8-5-15(20)21)14(19)4-3-7-17-16(22)13-6-9-23-11-13/h6,9,11-12H,3-5,7-8,10H2,1-2H3,(H,17,22)(H,20,21). The highest BCUT2D eigenvalue weighted by molar-refractivity contribution is 7.08. The van der Waals surface area contributed by atoms with Crippen LogP contribution < -0.4 is 5.32 Å². The Morgan fingerprint density at radius 3 is 2.61 bits per heavy atom. The molecule has 0 aliphatic carbocycles. The van der Waals surface area contributed by atoms with Gasteiger partial charge < -0.3 is 15.3 Å². The van der Waals surface area contributed by atoms with Crippen molar-refractivity contribution in [1.82, 2.24) is 10.2 Å². The molecule has 0 saturated heterocycles. The Bertz CT molecular complexity index is 514. The molecule has 0 aliphatic rings. The highest BCUT2D eigenvalue weighted by Gasteiger charge is 2.16. The summed E-state index contributed by atoms with van der Waals surface area (Å²) in [7, 11) is 0. The van der Waals surface area contributed by atoms with Crippen LogP contribution in [0, 0.1) is 5.92 Å². The average Bonchev–Trinajstić information content (AvgIpc) is 3.01. The van der Waals surface area contributed by atoms with E-state index in [4.69, 9.17) is 5.11 Å². The van der Waals surface area contributed by atoms with Crippen molar-refractivity contribution < 1.29 is 19.5 Å². The van der Waals surface area contributed by atoms with Gasteiger partial charge in [-0.05, 0) is 23.8 Å². The number of thiophene rings is 1. The lowest BCUT2D eigenvalue weighted by Gasteiger charge is -2.24. The van der Waals surface area contributed by atoms with E-state index in [0.29, 0.717) is 31.5 Å². The molecular weight excluding hydrogens is 316 g/mol. The average molecular weight is 340 g/mol. The van der Waals surface area contributed by atoms with Gasteiger partial charge in [0.1, 0.15) is 0 Å². The maximum absolute atomic E-state index is 12.2. The number of carbonyl (C=O) groups is 3. The number of rotatable bonds is 10. The van der Waals surface area contributed by atoms with Crippen LogP contribution in [0.4, 0.5) is 0 Å². The van der Waals surface area contributed by atoms with Crippen molar-refractivity contribution in [3.8, 4) is 0 Å². The molecule has 0 spiro atoms. The maximum atomic E-state index is 12.2. The summed E-state index contributed by atoms with van der Waals surface area (Å²) in [4.78, 5) is 36.2. The van der Waals surface area contributed by atoms with Gasteiger partial charge in [0.25, 0.3) is 5.91 Å². The van der Waals surface area contributed by atoms with E-state index >= 15 is 0 Å². The molecule has 0 saturated carbocycles. The van der Waals surface area contributed by atoms with E-state index < -0.39 is 5.97 Å². The molecule has 0 radical (unpaired) electrons. The maximum Gasteiger partial charge on any atom is 0.305 e. The van der Waals surface area contributed by atoms with Gasteiger partial charge in [0.15, 0.2) is 0 Å². The van der Waals surface area contributed by atoms with Crippen molar-refractivity contribution in [3.05, 3.63) is 22.4 Å². The van der Waals surface area contributed by atoms with Crippen LogP contribution >= 0.6 is 11.3 Å². The molecule has 0 fully saturated rings. The Balaban J connectivity index is 2.33.